The molecule has 0 radical (unpaired) electrons. The molecule has 9 heteroatoms. The van der Waals surface area contributed by atoms with Gasteiger partial charge in [0.1, 0.15) is 11.4 Å². The number of nitro groups is 1. The molecule has 0 aliphatic heterocycles. The van der Waals surface area contributed by atoms with Gasteiger partial charge in [0.05, 0.1) is 18.1 Å². The maximum absolute atomic E-state index is 13.0. The number of nitro benzene ring substituents is 1. The summed E-state index contributed by atoms with van der Waals surface area (Å²) in [5.74, 6) is -2.37. The van der Waals surface area contributed by atoms with Crippen molar-refractivity contribution in [2.75, 3.05) is 7.11 Å². The second-order valence-electron chi connectivity index (χ2n) is 3.32. The lowest BCUT2D eigenvalue weighted by atomic mass is 10.2. The number of nitrogens with zero attached hydrogens (tertiary/aromatic N) is 3. The van der Waals surface area contributed by atoms with Crippen molar-refractivity contribution in [1.29, 1.82) is 0 Å². The molecule has 0 spiro atoms. The first-order chi connectivity index (χ1) is 9.02. The van der Waals surface area contributed by atoms with Crippen LogP contribution in [0.4, 0.5) is 10.1 Å². The van der Waals surface area contributed by atoms with Crippen LogP contribution >= 0.6 is 0 Å². The lowest BCUT2D eigenvalue weighted by Crippen LogP contribution is -2.00. The first-order valence-corrected chi connectivity index (χ1v) is 4.89. The van der Waals surface area contributed by atoms with Crippen molar-refractivity contribution in [1.82, 2.24) is 10.2 Å². The summed E-state index contributed by atoms with van der Waals surface area (Å²) in [5.41, 5.74) is -0.630. The summed E-state index contributed by atoms with van der Waals surface area (Å²) in [5, 5.41) is 17.7. The summed E-state index contributed by atoms with van der Waals surface area (Å²) in [6.45, 7) is 0. The molecule has 1 aromatic carbocycles. The molecule has 98 valence electrons. The fraction of sp³-hybridized carbons (Fsp3) is 0.100. The summed E-state index contributed by atoms with van der Waals surface area (Å²) in [7, 11) is 1.12. The van der Waals surface area contributed by atoms with Gasteiger partial charge in [-0.3, -0.25) is 10.1 Å². The zero-order chi connectivity index (χ0) is 14.0. The van der Waals surface area contributed by atoms with Crippen LogP contribution < -0.4 is 0 Å². The van der Waals surface area contributed by atoms with E-state index < -0.39 is 28.3 Å². The Kier molecular flexibility index (Phi) is 3.19. The van der Waals surface area contributed by atoms with Gasteiger partial charge in [0.15, 0.2) is 0 Å². The standard InChI is InChI=1S/C10H6FN3O5/c1-18-10(15)9-13-12-8(19-9)6-3-2-5(11)4-7(6)14(16)17/h2-4H,1H3. The summed E-state index contributed by atoms with van der Waals surface area (Å²) in [6, 6.07) is 2.84. The quantitative estimate of drug-likeness (QED) is 0.471. The van der Waals surface area contributed by atoms with Gasteiger partial charge in [0.2, 0.25) is 0 Å². The highest BCUT2D eigenvalue weighted by Gasteiger charge is 2.23. The molecular weight excluding hydrogens is 261 g/mol. The Morgan fingerprint density at radius 1 is 1.47 bits per heavy atom. The highest BCUT2D eigenvalue weighted by Crippen LogP contribution is 2.29. The third-order valence-electron chi connectivity index (χ3n) is 2.17. The van der Waals surface area contributed by atoms with Gasteiger partial charge in [-0.1, -0.05) is 0 Å². The number of rotatable bonds is 3. The normalized spacial score (nSPS) is 10.2. The van der Waals surface area contributed by atoms with Gasteiger partial charge in [-0.05, 0) is 12.1 Å². The van der Waals surface area contributed by atoms with Crippen LogP contribution in [-0.4, -0.2) is 28.2 Å². The molecule has 0 saturated heterocycles. The number of carbonyl (C=O) groups excluding carboxylic acids is 1. The van der Waals surface area contributed by atoms with E-state index in [9.17, 15) is 19.3 Å². The van der Waals surface area contributed by atoms with Crippen LogP contribution in [0.15, 0.2) is 22.6 Å². The third-order valence-corrected chi connectivity index (χ3v) is 2.17. The minimum atomic E-state index is -0.872. The number of benzene rings is 1. The number of carbonyl (C=O) groups is 1. The van der Waals surface area contributed by atoms with Gasteiger partial charge < -0.3 is 9.15 Å². The van der Waals surface area contributed by atoms with Crippen LogP contribution in [0.2, 0.25) is 0 Å². The molecule has 0 fully saturated rings. The molecule has 0 amide bonds. The number of esters is 1. The summed E-state index contributed by atoms with van der Waals surface area (Å²) in [4.78, 5) is 21.1. The van der Waals surface area contributed by atoms with E-state index in [2.05, 4.69) is 14.9 Å². The average molecular weight is 267 g/mol. The van der Waals surface area contributed by atoms with Gasteiger partial charge >= 0.3 is 11.9 Å². The molecular formula is C10H6FN3O5. The Labute approximate surface area is 105 Å². The van der Waals surface area contributed by atoms with Crippen molar-refractivity contribution >= 4 is 11.7 Å². The van der Waals surface area contributed by atoms with Crippen molar-refractivity contribution in [2.45, 2.75) is 0 Å². The topological polar surface area (TPSA) is 108 Å². The van der Waals surface area contributed by atoms with Crippen LogP contribution in [0.25, 0.3) is 11.5 Å². The molecule has 0 N–H and O–H groups in total. The highest BCUT2D eigenvalue weighted by atomic mass is 19.1. The minimum absolute atomic E-state index is 0.0888. The van der Waals surface area contributed by atoms with E-state index in [1.165, 1.54) is 0 Å². The third kappa shape index (κ3) is 2.39. The molecule has 2 rings (SSSR count). The van der Waals surface area contributed by atoms with Gasteiger partial charge in [0, 0.05) is 0 Å². The molecule has 0 saturated carbocycles. The Balaban J connectivity index is 2.50. The monoisotopic (exact) mass is 267 g/mol. The smallest absolute Gasteiger partial charge is 0.396 e. The molecule has 2 aromatic rings. The van der Waals surface area contributed by atoms with E-state index in [1.54, 1.807) is 0 Å². The Morgan fingerprint density at radius 3 is 2.84 bits per heavy atom. The SMILES string of the molecule is COC(=O)c1nnc(-c2ccc(F)cc2[N+](=O)[O-])o1. The summed E-state index contributed by atoms with van der Waals surface area (Å²) in [6.07, 6.45) is 0. The van der Waals surface area contributed by atoms with Crippen LogP contribution in [-0.2, 0) is 4.74 Å². The second-order valence-corrected chi connectivity index (χ2v) is 3.32. The fourth-order valence-corrected chi connectivity index (χ4v) is 1.34. The molecule has 1 heterocycles. The molecule has 0 aliphatic rings. The largest absolute Gasteiger partial charge is 0.462 e. The zero-order valence-corrected chi connectivity index (χ0v) is 9.49. The van der Waals surface area contributed by atoms with Crippen LogP contribution in [0.3, 0.4) is 0 Å². The van der Waals surface area contributed by atoms with Crippen LogP contribution in [0.1, 0.15) is 10.7 Å². The predicted octanol–water partition coefficient (Wildman–Crippen LogP) is 1.57. The first-order valence-electron chi connectivity index (χ1n) is 4.89. The van der Waals surface area contributed by atoms with Gasteiger partial charge in [0.25, 0.3) is 11.6 Å². The van der Waals surface area contributed by atoms with E-state index in [4.69, 9.17) is 4.42 Å². The molecule has 1 aromatic heterocycles. The summed E-state index contributed by atoms with van der Waals surface area (Å²) >= 11 is 0. The lowest BCUT2D eigenvalue weighted by Gasteiger charge is -1.97. The van der Waals surface area contributed by atoms with E-state index in [0.29, 0.717) is 0 Å². The number of hydrogen-bond donors (Lipinski definition) is 0. The van der Waals surface area contributed by atoms with Crippen molar-refractivity contribution in [2.24, 2.45) is 0 Å². The molecule has 19 heavy (non-hydrogen) atoms. The van der Waals surface area contributed by atoms with Crippen LogP contribution in [0.5, 0.6) is 0 Å². The van der Waals surface area contributed by atoms with Crippen molar-refractivity contribution in [3.8, 4) is 11.5 Å². The number of hydrogen-bond acceptors (Lipinski definition) is 7. The first kappa shape index (κ1) is 12.6. The van der Waals surface area contributed by atoms with Crippen molar-refractivity contribution in [3.05, 3.63) is 40.0 Å². The van der Waals surface area contributed by atoms with Gasteiger partial charge in [-0.15, -0.1) is 10.2 Å². The number of halogens is 1. The average Bonchev–Trinajstić information content (AvgIpc) is 2.87. The zero-order valence-electron chi connectivity index (χ0n) is 9.49. The van der Waals surface area contributed by atoms with E-state index in [-0.39, 0.29) is 11.5 Å². The lowest BCUT2D eigenvalue weighted by molar-refractivity contribution is -0.384. The summed E-state index contributed by atoms with van der Waals surface area (Å²) < 4.78 is 22.2. The van der Waals surface area contributed by atoms with Gasteiger partial charge in [-0.2, -0.15) is 0 Å². The van der Waals surface area contributed by atoms with E-state index in [1.807, 2.05) is 0 Å². The van der Waals surface area contributed by atoms with E-state index in [0.717, 1.165) is 25.3 Å². The molecule has 0 bridgehead atoms. The van der Waals surface area contributed by atoms with E-state index >= 15 is 0 Å². The maximum Gasteiger partial charge on any atom is 0.396 e. The molecule has 8 nitrogen and oxygen atoms in total. The number of methoxy groups -OCH3 is 1. The van der Waals surface area contributed by atoms with Crippen LogP contribution in [0, 0.1) is 15.9 Å². The second kappa shape index (κ2) is 4.80. The fourth-order valence-electron chi connectivity index (χ4n) is 1.34. The van der Waals surface area contributed by atoms with Crippen molar-refractivity contribution in [3.63, 3.8) is 0 Å². The highest BCUT2D eigenvalue weighted by molar-refractivity contribution is 5.84. The van der Waals surface area contributed by atoms with Crippen molar-refractivity contribution < 1.29 is 23.3 Å². The Morgan fingerprint density at radius 2 is 2.21 bits per heavy atom. The molecule has 0 unspecified atom stereocenters. The Bertz CT molecular complexity index is 654. The number of ether oxygens (including phenoxy) is 1. The molecule has 0 atom stereocenters. The number of aromatic nitrogens is 2. The molecule has 0 aliphatic carbocycles. The minimum Gasteiger partial charge on any atom is -0.462 e. The van der Waals surface area contributed by atoms with Gasteiger partial charge in [-0.25, -0.2) is 9.18 Å². The maximum atomic E-state index is 13.0. The predicted molar refractivity (Wildman–Crippen MR) is 57.7 cm³/mol. The Hall–Kier alpha value is -2.84.